The quantitative estimate of drug-likeness (QED) is 0.847. The molecule has 2 N–H and O–H groups in total. The van der Waals surface area contributed by atoms with E-state index in [1.807, 2.05) is 39.0 Å². The Morgan fingerprint density at radius 1 is 1.48 bits per heavy atom. The number of nitrogens with one attached hydrogen (secondary N) is 1. The van der Waals surface area contributed by atoms with E-state index in [1.165, 1.54) is 0 Å². The van der Waals surface area contributed by atoms with Crippen molar-refractivity contribution in [2.24, 2.45) is 0 Å². The summed E-state index contributed by atoms with van der Waals surface area (Å²) in [7, 11) is 0. The van der Waals surface area contributed by atoms with Crippen molar-refractivity contribution in [3.05, 3.63) is 23.8 Å². The molecule has 5 heteroatoms. The summed E-state index contributed by atoms with van der Waals surface area (Å²) in [5.74, 6) is 0.831. The third kappa shape index (κ3) is 4.36. The molecule has 2 amide bonds. The van der Waals surface area contributed by atoms with Crippen LogP contribution in [0.25, 0.3) is 0 Å². The number of aliphatic hydroxyl groups is 1. The SMILES string of the molecule is Cc1cc(NC(=O)N(CCO)C2CC2)ccc1OC(C)C. The summed E-state index contributed by atoms with van der Waals surface area (Å²) >= 11 is 0. The van der Waals surface area contributed by atoms with Crippen molar-refractivity contribution < 1.29 is 14.6 Å². The molecule has 1 aliphatic carbocycles. The molecule has 0 radical (unpaired) electrons. The summed E-state index contributed by atoms with van der Waals surface area (Å²) in [5.41, 5.74) is 1.74. The Bertz CT molecular complexity index is 498. The number of nitrogens with zero attached hydrogens (tertiary/aromatic N) is 1. The number of aryl methyl sites for hydroxylation is 1. The van der Waals surface area contributed by atoms with Gasteiger partial charge in [-0.25, -0.2) is 4.79 Å². The maximum Gasteiger partial charge on any atom is 0.322 e. The van der Waals surface area contributed by atoms with Crippen LogP contribution in [0, 0.1) is 6.92 Å². The summed E-state index contributed by atoms with van der Waals surface area (Å²) in [6.07, 6.45) is 2.17. The molecule has 1 aromatic rings. The van der Waals surface area contributed by atoms with E-state index in [-0.39, 0.29) is 24.8 Å². The van der Waals surface area contributed by atoms with Gasteiger partial charge in [0.15, 0.2) is 0 Å². The Morgan fingerprint density at radius 2 is 2.19 bits per heavy atom. The molecule has 0 heterocycles. The molecule has 0 aliphatic heterocycles. The largest absolute Gasteiger partial charge is 0.491 e. The molecular formula is C16H24N2O3. The van der Waals surface area contributed by atoms with Gasteiger partial charge in [0, 0.05) is 18.3 Å². The summed E-state index contributed by atoms with van der Waals surface area (Å²) in [6, 6.07) is 5.75. The lowest BCUT2D eigenvalue weighted by Crippen LogP contribution is -2.38. The molecule has 1 saturated carbocycles. The second kappa shape index (κ2) is 6.80. The molecule has 0 unspecified atom stereocenters. The summed E-state index contributed by atoms with van der Waals surface area (Å²) < 4.78 is 5.68. The van der Waals surface area contributed by atoms with Crippen molar-refractivity contribution in [2.75, 3.05) is 18.5 Å². The molecule has 0 aromatic heterocycles. The number of hydrogen-bond donors (Lipinski definition) is 2. The molecular weight excluding hydrogens is 268 g/mol. The van der Waals surface area contributed by atoms with E-state index < -0.39 is 0 Å². The van der Waals surface area contributed by atoms with Crippen LogP contribution in [-0.4, -0.2) is 41.3 Å². The van der Waals surface area contributed by atoms with Gasteiger partial charge in [-0.15, -0.1) is 0 Å². The average Bonchev–Trinajstić information content (AvgIpc) is 3.23. The van der Waals surface area contributed by atoms with Crippen molar-refractivity contribution in [3.8, 4) is 5.75 Å². The van der Waals surface area contributed by atoms with Crippen molar-refractivity contribution >= 4 is 11.7 Å². The van der Waals surface area contributed by atoms with Gasteiger partial charge in [-0.2, -0.15) is 0 Å². The van der Waals surface area contributed by atoms with Gasteiger partial charge in [0.25, 0.3) is 0 Å². The van der Waals surface area contributed by atoms with Crippen LogP contribution in [0.5, 0.6) is 5.75 Å². The van der Waals surface area contributed by atoms with E-state index in [1.54, 1.807) is 4.90 Å². The Labute approximate surface area is 125 Å². The van der Waals surface area contributed by atoms with E-state index in [0.29, 0.717) is 6.54 Å². The van der Waals surface area contributed by atoms with Gasteiger partial charge in [0.2, 0.25) is 0 Å². The van der Waals surface area contributed by atoms with Crippen LogP contribution in [0.15, 0.2) is 18.2 Å². The van der Waals surface area contributed by atoms with Crippen LogP contribution >= 0.6 is 0 Å². The Kier molecular flexibility index (Phi) is 5.07. The number of urea groups is 1. The number of benzene rings is 1. The molecule has 0 bridgehead atoms. The second-order valence-electron chi connectivity index (χ2n) is 5.73. The minimum Gasteiger partial charge on any atom is -0.491 e. The molecule has 1 fully saturated rings. The maximum absolute atomic E-state index is 12.2. The maximum atomic E-state index is 12.2. The van der Waals surface area contributed by atoms with Gasteiger partial charge < -0.3 is 20.1 Å². The molecule has 0 atom stereocenters. The Balaban J connectivity index is 2.01. The van der Waals surface area contributed by atoms with Crippen molar-refractivity contribution in [2.45, 2.75) is 45.8 Å². The molecule has 1 aromatic carbocycles. The fourth-order valence-corrected chi connectivity index (χ4v) is 2.25. The lowest BCUT2D eigenvalue weighted by atomic mass is 10.2. The first-order valence-corrected chi connectivity index (χ1v) is 7.47. The zero-order valence-corrected chi connectivity index (χ0v) is 12.9. The predicted octanol–water partition coefficient (Wildman–Crippen LogP) is 2.77. The fourth-order valence-electron chi connectivity index (χ4n) is 2.25. The van der Waals surface area contributed by atoms with Gasteiger partial charge in [-0.3, -0.25) is 0 Å². The Morgan fingerprint density at radius 3 is 2.71 bits per heavy atom. The topological polar surface area (TPSA) is 61.8 Å². The molecule has 116 valence electrons. The molecule has 0 spiro atoms. The second-order valence-corrected chi connectivity index (χ2v) is 5.73. The van der Waals surface area contributed by atoms with E-state index in [2.05, 4.69) is 5.32 Å². The Hall–Kier alpha value is -1.75. The zero-order valence-electron chi connectivity index (χ0n) is 12.9. The third-order valence-electron chi connectivity index (χ3n) is 3.38. The standard InChI is InChI=1S/C16H24N2O3/c1-11(2)21-15-7-4-13(10-12(15)3)17-16(20)18(8-9-19)14-5-6-14/h4,7,10-11,14,19H,5-6,8-9H2,1-3H3,(H,17,20). The minimum atomic E-state index is -0.150. The number of hydrogen-bond acceptors (Lipinski definition) is 3. The number of ether oxygens (including phenoxy) is 1. The first-order valence-electron chi connectivity index (χ1n) is 7.47. The number of anilines is 1. The van der Waals surface area contributed by atoms with Crippen molar-refractivity contribution in [1.29, 1.82) is 0 Å². The van der Waals surface area contributed by atoms with Gasteiger partial charge in [0.05, 0.1) is 12.7 Å². The monoisotopic (exact) mass is 292 g/mol. The normalized spacial score (nSPS) is 14.1. The van der Waals surface area contributed by atoms with Crippen LogP contribution in [-0.2, 0) is 0 Å². The number of rotatable bonds is 6. The third-order valence-corrected chi connectivity index (χ3v) is 3.38. The van der Waals surface area contributed by atoms with Crippen LogP contribution in [0.2, 0.25) is 0 Å². The highest BCUT2D eigenvalue weighted by Gasteiger charge is 2.32. The van der Waals surface area contributed by atoms with Gasteiger partial charge >= 0.3 is 6.03 Å². The summed E-state index contributed by atoms with van der Waals surface area (Å²) in [6.45, 7) is 6.29. The van der Waals surface area contributed by atoms with E-state index >= 15 is 0 Å². The highest BCUT2D eigenvalue weighted by atomic mass is 16.5. The van der Waals surface area contributed by atoms with E-state index in [0.717, 1.165) is 29.8 Å². The van der Waals surface area contributed by atoms with Crippen molar-refractivity contribution in [3.63, 3.8) is 0 Å². The molecule has 21 heavy (non-hydrogen) atoms. The zero-order chi connectivity index (χ0) is 15.4. The highest BCUT2D eigenvalue weighted by Crippen LogP contribution is 2.28. The van der Waals surface area contributed by atoms with Gasteiger partial charge in [-0.05, 0) is 57.4 Å². The molecule has 1 aliphatic rings. The van der Waals surface area contributed by atoms with Gasteiger partial charge in [-0.1, -0.05) is 0 Å². The average molecular weight is 292 g/mol. The summed E-state index contributed by atoms with van der Waals surface area (Å²) in [5, 5.41) is 11.9. The first kappa shape index (κ1) is 15.6. The van der Waals surface area contributed by atoms with Crippen molar-refractivity contribution in [1.82, 2.24) is 4.90 Å². The van der Waals surface area contributed by atoms with E-state index in [4.69, 9.17) is 9.84 Å². The van der Waals surface area contributed by atoms with Crippen LogP contribution in [0.4, 0.5) is 10.5 Å². The molecule has 5 nitrogen and oxygen atoms in total. The highest BCUT2D eigenvalue weighted by molar-refractivity contribution is 5.90. The number of carbonyl (C=O) groups excluding carboxylic acids is 1. The number of carbonyl (C=O) groups is 1. The number of aliphatic hydroxyl groups excluding tert-OH is 1. The minimum absolute atomic E-state index is 0.00981. The predicted molar refractivity (Wildman–Crippen MR) is 82.8 cm³/mol. The lowest BCUT2D eigenvalue weighted by molar-refractivity contribution is 0.185. The van der Waals surface area contributed by atoms with Crippen LogP contribution in [0.3, 0.4) is 0 Å². The summed E-state index contributed by atoms with van der Waals surface area (Å²) in [4.78, 5) is 13.9. The van der Waals surface area contributed by atoms with Gasteiger partial charge in [0.1, 0.15) is 5.75 Å². The molecule has 2 rings (SSSR count). The number of amides is 2. The smallest absolute Gasteiger partial charge is 0.322 e. The van der Waals surface area contributed by atoms with Crippen LogP contribution in [0.1, 0.15) is 32.3 Å². The first-order chi connectivity index (χ1) is 10.0. The molecule has 0 saturated heterocycles. The lowest BCUT2D eigenvalue weighted by Gasteiger charge is -2.22. The fraction of sp³-hybridized carbons (Fsp3) is 0.562. The van der Waals surface area contributed by atoms with E-state index in [9.17, 15) is 4.79 Å². The van der Waals surface area contributed by atoms with Crippen LogP contribution < -0.4 is 10.1 Å².